The second-order valence-corrected chi connectivity index (χ2v) is 4.49. The number of hydrogen-bond acceptors (Lipinski definition) is 1. The highest BCUT2D eigenvalue weighted by Gasteiger charge is 2.06. The Bertz CT molecular complexity index is 278. The first-order chi connectivity index (χ1) is 6.77. The minimum absolute atomic E-state index is 0. The Morgan fingerprint density at radius 3 is 2.73 bits per heavy atom. The number of ether oxygens (including phenoxy) is 1. The summed E-state index contributed by atoms with van der Waals surface area (Å²) >= 11 is 3.69. The summed E-state index contributed by atoms with van der Waals surface area (Å²) in [6.07, 6.45) is 3.68. The molecule has 0 bridgehead atoms. The Hall–Kier alpha value is -0.283. The molecule has 0 aliphatic rings. The minimum atomic E-state index is 0. The van der Waals surface area contributed by atoms with Gasteiger partial charge in [0.15, 0.2) is 0 Å². The molecule has 1 unspecified atom stereocenters. The van der Waals surface area contributed by atoms with Gasteiger partial charge in [0.1, 0.15) is 5.75 Å². The quantitative estimate of drug-likeness (QED) is 0.588. The van der Waals surface area contributed by atoms with Crippen LogP contribution in [0.1, 0.15) is 36.6 Å². The molecule has 0 aromatic heterocycles. The molecule has 82 valence electrons. The zero-order valence-corrected chi connectivity index (χ0v) is 11.9. The standard InChI is InChI=1S/C12H17BrO.Si/c1-3-4-8-12(13)10-6-5-7-11(9-10)14-2;/h5-7,9,12H,3-4,8H2,1-2H3;. The van der Waals surface area contributed by atoms with Gasteiger partial charge in [-0.25, -0.2) is 0 Å². The van der Waals surface area contributed by atoms with Crippen LogP contribution in [-0.2, 0) is 0 Å². The molecule has 15 heavy (non-hydrogen) atoms. The average molecular weight is 285 g/mol. The van der Waals surface area contributed by atoms with Crippen molar-refractivity contribution >= 4 is 26.9 Å². The third-order valence-electron chi connectivity index (χ3n) is 2.27. The largest absolute Gasteiger partial charge is 0.497 e. The molecule has 0 heterocycles. The van der Waals surface area contributed by atoms with Crippen LogP contribution in [0.2, 0.25) is 0 Å². The van der Waals surface area contributed by atoms with E-state index in [1.807, 2.05) is 12.1 Å². The van der Waals surface area contributed by atoms with Crippen LogP contribution in [0.5, 0.6) is 5.75 Å². The fourth-order valence-corrected chi connectivity index (χ4v) is 1.99. The number of methoxy groups -OCH3 is 1. The lowest BCUT2D eigenvalue weighted by Crippen LogP contribution is -1.91. The predicted molar refractivity (Wildman–Crippen MR) is 69.9 cm³/mol. The second-order valence-electron chi connectivity index (χ2n) is 3.39. The van der Waals surface area contributed by atoms with Gasteiger partial charge in [-0.15, -0.1) is 0 Å². The third kappa shape index (κ3) is 4.84. The molecular formula is C12H17BrOSi. The average Bonchev–Trinajstić information content (AvgIpc) is 2.26. The predicted octanol–water partition coefficient (Wildman–Crippen LogP) is 3.94. The summed E-state index contributed by atoms with van der Waals surface area (Å²) in [5, 5.41) is 0. The van der Waals surface area contributed by atoms with Crippen molar-refractivity contribution in [2.45, 2.75) is 31.0 Å². The van der Waals surface area contributed by atoms with Crippen LogP contribution in [-0.4, -0.2) is 18.1 Å². The van der Waals surface area contributed by atoms with Crippen molar-refractivity contribution in [2.75, 3.05) is 7.11 Å². The highest BCUT2D eigenvalue weighted by molar-refractivity contribution is 9.09. The third-order valence-corrected chi connectivity index (χ3v) is 3.25. The Balaban J connectivity index is 0.00000196. The fourth-order valence-electron chi connectivity index (χ4n) is 1.39. The van der Waals surface area contributed by atoms with Gasteiger partial charge >= 0.3 is 0 Å². The molecule has 1 atom stereocenters. The number of unbranched alkanes of at least 4 members (excludes halogenated alkanes) is 1. The van der Waals surface area contributed by atoms with Crippen molar-refractivity contribution in [3.8, 4) is 5.75 Å². The number of rotatable bonds is 5. The Kier molecular flexibility index (Phi) is 7.79. The Morgan fingerprint density at radius 2 is 2.13 bits per heavy atom. The van der Waals surface area contributed by atoms with Crippen LogP contribution in [0.4, 0.5) is 0 Å². The van der Waals surface area contributed by atoms with E-state index in [1.165, 1.54) is 24.8 Å². The maximum Gasteiger partial charge on any atom is 0.119 e. The number of halogens is 1. The zero-order chi connectivity index (χ0) is 10.4. The van der Waals surface area contributed by atoms with Crippen molar-refractivity contribution in [1.82, 2.24) is 0 Å². The number of hydrogen-bond donors (Lipinski definition) is 0. The van der Waals surface area contributed by atoms with E-state index in [4.69, 9.17) is 4.74 Å². The highest BCUT2D eigenvalue weighted by Crippen LogP contribution is 2.30. The smallest absolute Gasteiger partial charge is 0.119 e. The van der Waals surface area contributed by atoms with Crippen molar-refractivity contribution < 1.29 is 4.74 Å². The van der Waals surface area contributed by atoms with Gasteiger partial charge in [0.2, 0.25) is 0 Å². The Morgan fingerprint density at radius 1 is 1.40 bits per heavy atom. The molecular weight excluding hydrogens is 268 g/mol. The summed E-state index contributed by atoms with van der Waals surface area (Å²) in [7, 11) is 1.70. The lowest BCUT2D eigenvalue weighted by molar-refractivity contribution is 0.414. The lowest BCUT2D eigenvalue weighted by Gasteiger charge is -2.10. The fraction of sp³-hybridized carbons (Fsp3) is 0.500. The molecule has 0 N–H and O–H groups in total. The molecule has 3 heteroatoms. The first kappa shape index (κ1) is 14.7. The number of benzene rings is 1. The van der Waals surface area contributed by atoms with Gasteiger partial charge < -0.3 is 4.74 Å². The summed E-state index contributed by atoms with van der Waals surface area (Å²) in [5.74, 6) is 0.934. The molecule has 0 aliphatic carbocycles. The first-order valence-corrected chi connectivity index (χ1v) is 5.97. The van der Waals surface area contributed by atoms with E-state index in [1.54, 1.807) is 7.11 Å². The van der Waals surface area contributed by atoms with Crippen molar-refractivity contribution in [1.29, 1.82) is 0 Å². The van der Waals surface area contributed by atoms with Gasteiger partial charge in [-0.2, -0.15) is 0 Å². The van der Waals surface area contributed by atoms with E-state index < -0.39 is 0 Å². The van der Waals surface area contributed by atoms with Crippen molar-refractivity contribution in [2.24, 2.45) is 0 Å². The normalized spacial score (nSPS) is 11.7. The topological polar surface area (TPSA) is 9.23 Å². The highest BCUT2D eigenvalue weighted by atomic mass is 79.9. The molecule has 0 fully saturated rings. The van der Waals surface area contributed by atoms with E-state index in [-0.39, 0.29) is 11.0 Å². The van der Waals surface area contributed by atoms with E-state index in [0.717, 1.165) is 5.75 Å². The van der Waals surface area contributed by atoms with Crippen LogP contribution in [0.15, 0.2) is 24.3 Å². The van der Waals surface area contributed by atoms with Gasteiger partial charge in [0.05, 0.1) is 7.11 Å². The summed E-state index contributed by atoms with van der Waals surface area (Å²) in [6, 6.07) is 8.24. The number of alkyl halides is 1. The van der Waals surface area contributed by atoms with Crippen molar-refractivity contribution in [3.05, 3.63) is 29.8 Å². The van der Waals surface area contributed by atoms with E-state index in [0.29, 0.717) is 4.83 Å². The first-order valence-electron chi connectivity index (χ1n) is 5.06. The lowest BCUT2D eigenvalue weighted by atomic mass is 10.1. The van der Waals surface area contributed by atoms with Crippen LogP contribution in [0.25, 0.3) is 0 Å². The van der Waals surface area contributed by atoms with Crippen LogP contribution in [0.3, 0.4) is 0 Å². The zero-order valence-electron chi connectivity index (χ0n) is 9.29. The molecule has 4 radical (unpaired) electrons. The molecule has 1 rings (SSSR count). The van der Waals surface area contributed by atoms with Crippen LogP contribution in [0, 0.1) is 0 Å². The molecule has 1 nitrogen and oxygen atoms in total. The van der Waals surface area contributed by atoms with Gasteiger partial charge in [0.25, 0.3) is 0 Å². The molecule has 0 aliphatic heterocycles. The summed E-state index contributed by atoms with van der Waals surface area (Å²) < 4.78 is 5.19. The van der Waals surface area contributed by atoms with Gasteiger partial charge in [-0.05, 0) is 24.1 Å². The molecule has 0 spiro atoms. The molecule has 1 aromatic rings. The minimum Gasteiger partial charge on any atom is -0.497 e. The van der Waals surface area contributed by atoms with Crippen LogP contribution >= 0.6 is 15.9 Å². The molecule has 0 amide bonds. The van der Waals surface area contributed by atoms with Gasteiger partial charge in [0, 0.05) is 15.8 Å². The molecule has 0 saturated heterocycles. The monoisotopic (exact) mass is 284 g/mol. The maximum absolute atomic E-state index is 5.19. The molecule has 1 aromatic carbocycles. The van der Waals surface area contributed by atoms with E-state index >= 15 is 0 Å². The maximum atomic E-state index is 5.19. The van der Waals surface area contributed by atoms with E-state index in [2.05, 4.69) is 35.0 Å². The van der Waals surface area contributed by atoms with Crippen LogP contribution < -0.4 is 4.74 Å². The molecule has 0 saturated carbocycles. The second kappa shape index (κ2) is 7.94. The van der Waals surface area contributed by atoms with Gasteiger partial charge in [-0.1, -0.05) is 47.8 Å². The SMILES string of the molecule is CCCCC(Br)c1cccc(OC)c1.[Si]. The summed E-state index contributed by atoms with van der Waals surface area (Å²) in [5.41, 5.74) is 1.30. The van der Waals surface area contributed by atoms with Gasteiger partial charge in [-0.3, -0.25) is 0 Å². The summed E-state index contributed by atoms with van der Waals surface area (Å²) in [4.78, 5) is 0.456. The van der Waals surface area contributed by atoms with Crippen molar-refractivity contribution in [3.63, 3.8) is 0 Å². The van der Waals surface area contributed by atoms with E-state index in [9.17, 15) is 0 Å². The Labute approximate surface area is 105 Å². The summed E-state index contributed by atoms with van der Waals surface area (Å²) in [6.45, 7) is 2.21.